The summed E-state index contributed by atoms with van der Waals surface area (Å²) in [6.07, 6.45) is 0.0906. The van der Waals surface area contributed by atoms with E-state index < -0.39 is 11.0 Å². The highest BCUT2D eigenvalue weighted by Gasteiger charge is 2.31. The SMILES string of the molecule is COc1cccc(CN(C(=O)Cc2ccccc2[N+](=O)[O-])[C@@H](Cc2ccccc2)C(=O)NC(C)C)c1. The van der Waals surface area contributed by atoms with Crippen LogP contribution in [0.1, 0.15) is 30.5 Å². The predicted molar refractivity (Wildman–Crippen MR) is 138 cm³/mol. The quantitative estimate of drug-likeness (QED) is 0.319. The van der Waals surface area contributed by atoms with E-state index in [1.54, 1.807) is 31.4 Å². The van der Waals surface area contributed by atoms with E-state index in [9.17, 15) is 19.7 Å². The number of rotatable bonds is 11. The number of ether oxygens (including phenoxy) is 1. The first-order valence-corrected chi connectivity index (χ1v) is 11.8. The number of nitro benzene ring substituents is 1. The van der Waals surface area contributed by atoms with Crippen molar-refractivity contribution in [2.24, 2.45) is 0 Å². The molecular weight excluding hydrogens is 458 g/mol. The topological polar surface area (TPSA) is 102 Å². The van der Waals surface area contributed by atoms with Crippen LogP contribution in [-0.4, -0.2) is 40.8 Å². The Bertz CT molecular complexity index is 1200. The van der Waals surface area contributed by atoms with Crippen LogP contribution in [0.4, 0.5) is 5.69 Å². The molecule has 0 unspecified atom stereocenters. The molecule has 0 bridgehead atoms. The van der Waals surface area contributed by atoms with E-state index in [1.165, 1.54) is 11.0 Å². The number of hydrogen-bond donors (Lipinski definition) is 1. The van der Waals surface area contributed by atoms with Crippen LogP contribution < -0.4 is 10.1 Å². The summed E-state index contributed by atoms with van der Waals surface area (Å²) in [6.45, 7) is 3.86. The van der Waals surface area contributed by atoms with Crippen molar-refractivity contribution in [3.05, 3.63) is 106 Å². The molecule has 36 heavy (non-hydrogen) atoms. The van der Waals surface area contributed by atoms with Gasteiger partial charge in [0, 0.05) is 30.6 Å². The molecular formula is C28H31N3O5. The molecule has 0 aromatic heterocycles. The van der Waals surface area contributed by atoms with E-state index in [1.807, 2.05) is 62.4 Å². The lowest BCUT2D eigenvalue weighted by Gasteiger charge is -2.32. The van der Waals surface area contributed by atoms with E-state index in [0.717, 1.165) is 11.1 Å². The van der Waals surface area contributed by atoms with Gasteiger partial charge in [0.1, 0.15) is 11.8 Å². The van der Waals surface area contributed by atoms with E-state index in [4.69, 9.17) is 4.74 Å². The zero-order valence-electron chi connectivity index (χ0n) is 20.7. The number of carbonyl (C=O) groups excluding carboxylic acids is 2. The molecule has 3 aromatic rings. The maximum absolute atomic E-state index is 13.8. The van der Waals surface area contributed by atoms with Crippen LogP contribution in [0.5, 0.6) is 5.75 Å². The summed E-state index contributed by atoms with van der Waals surface area (Å²) in [7, 11) is 1.56. The molecule has 0 radical (unpaired) electrons. The Morgan fingerprint density at radius 3 is 2.31 bits per heavy atom. The van der Waals surface area contributed by atoms with Crippen molar-refractivity contribution >= 4 is 17.5 Å². The Balaban J connectivity index is 2.02. The zero-order chi connectivity index (χ0) is 26.1. The van der Waals surface area contributed by atoms with Gasteiger partial charge < -0.3 is 15.0 Å². The van der Waals surface area contributed by atoms with Crippen molar-refractivity contribution in [1.82, 2.24) is 10.2 Å². The Morgan fingerprint density at radius 2 is 1.64 bits per heavy atom. The molecule has 2 amide bonds. The van der Waals surface area contributed by atoms with Crippen molar-refractivity contribution in [2.45, 2.75) is 45.3 Å². The molecule has 0 aliphatic rings. The van der Waals surface area contributed by atoms with Gasteiger partial charge in [-0.2, -0.15) is 0 Å². The fourth-order valence-electron chi connectivity index (χ4n) is 4.01. The number of methoxy groups -OCH3 is 1. The average Bonchev–Trinajstić information content (AvgIpc) is 2.86. The van der Waals surface area contributed by atoms with Gasteiger partial charge in [-0.05, 0) is 37.1 Å². The molecule has 188 valence electrons. The number of nitrogens with zero attached hydrogens (tertiary/aromatic N) is 2. The van der Waals surface area contributed by atoms with Crippen molar-refractivity contribution in [1.29, 1.82) is 0 Å². The largest absolute Gasteiger partial charge is 0.497 e. The molecule has 0 saturated carbocycles. The minimum Gasteiger partial charge on any atom is -0.497 e. The molecule has 8 nitrogen and oxygen atoms in total. The summed E-state index contributed by atoms with van der Waals surface area (Å²) in [4.78, 5) is 39.7. The normalized spacial score (nSPS) is 11.6. The predicted octanol–water partition coefficient (Wildman–Crippen LogP) is 4.31. The molecule has 1 atom stereocenters. The van der Waals surface area contributed by atoms with Gasteiger partial charge in [0.15, 0.2) is 0 Å². The van der Waals surface area contributed by atoms with E-state index >= 15 is 0 Å². The Morgan fingerprint density at radius 1 is 0.972 bits per heavy atom. The van der Waals surface area contributed by atoms with E-state index in [2.05, 4.69) is 5.32 Å². The number of hydrogen-bond acceptors (Lipinski definition) is 5. The molecule has 0 spiro atoms. The standard InChI is InChI=1S/C28H31N3O5/c1-20(2)29-28(33)26(17-21-10-5-4-6-11-21)30(19-22-12-9-14-24(16-22)36-3)27(32)18-23-13-7-8-15-25(23)31(34)35/h4-16,20,26H,17-19H2,1-3H3,(H,29,33)/t26-/m0/s1. The summed E-state index contributed by atoms with van der Waals surface area (Å²) in [6, 6.07) is 22.0. The summed E-state index contributed by atoms with van der Waals surface area (Å²) in [5.41, 5.74) is 1.85. The second kappa shape index (κ2) is 12.5. The number of nitrogens with one attached hydrogen (secondary N) is 1. The fraction of sp³-hybridized carbons (Fsp3) is 0.286. The van der Waals surface area contributed by atoms with Crippen LogP contribution in [0.25, 0.3) is 0 Å². The lowest BCUT2D eigenvalue weighted by molar-refractivity contribution is -0.385. The van der Waals surface area contributed by atoms with Crippen LogP contribution in [0.15, 0.2) is 78.9 Å². The van der Waals surface area contributed by atoms with Crippen LogP contribution in [-0.2, 0) is 29.0 Å². The molecule has 3 rings (SSSR count). The van der Waals surface area contributed by atoms with Gasteiger partial charge in [-0.25, -0.2) is 0 Å². The molecule has 0 aliphatic heterocycles. The molecule has 0 saturated heterocycles. The second-order valence-corrected chi connectivity index (χ2v) is 8.80. The highest BCUT2D eigenvalue weighted by Crippen LogP contribution is 2.22. The van der Waals surface area contributed by atoms with Crippen LogP contribution in [0.2, 0.25) is 0 Å². The molecule has 0 fully saturated rings. The van der Waals surface area contributed by atoms with Crippen molar-refractivity contribution in [3.8, 4) is 5.75 Å². The maximum Gasteiger partial charge on any atom is 0.273 e. The third-order valence-corrected chi connectivity index (χ3v) is 5.72. The maximum atomic E-state index is 13.8. The molecule has 0 heterocycles. The van der Waals surface area contributed by atoms with Gasteiger partial charge in [0.05, 0.1) is 18.5 Å². The molecule has 3 aromatic carbocycles. The zero-order valence-corrected chi connectivity index (χ0v) is 20.7. The lowest BCUT2D eigenvalue weighted by Crippen LogP contribution is -2.52. The van der Waals surface area contributed by atoms with Crippen molar-refractivity contribution < 1.29 is 19.2 Å². The van der Waals surface area contributed by atoms with Gasteiger partial charge >= 0.3 is 0 Å². The van der Waals surface area contributed by atoms with Crippen molar-refractivity contribution in [3.63, 3.8) is 0 Å². The molecule has 0 aliphatic carbocycles. The van der Waals surface area contributed by atoms with Gasteiger partial charge in [-0.3, -0.25) is 19.7 Å². The number of para-hydroxylation sites is 1. The third-order valence-electron chi connectivity index (χ3n) is 5.72. The monoisotopic (exact) mass is 489 g/mol. The van der Waals surface area contributed by atoms with Crippen molar-refractivity contribution in [2.75, 3.05) is 7.11 Å². The highest BCUT2D eigenvalue weighted by molar-refractivity contribution is 5.89. The van der Waals surface area contributed by atoms with Crippen LogP contribution in [0, 0.1) is 10.1 Å². The number of benzene rings is 3. The van der Waals surface area contributed by atoms with Gasteiger partial charge in [-0.15, -0.1) is 0 Å². The molecule has 8 heteroatoms. The number of carbonyl (C=O) groups is 2. The number of amides is 2. The summed E-state index contributed by atoms with van der Waals surface area (Å²) >= 11 is 0. The van der Waals surface area contributed by atoms with E-state index in [0.29, 0.717) is 17.7 Å². The van der Waals surface area contributed by atoms with Gasteiger partial charge in [0.2, 0.25) is 11.8 Å². The summed E-state index contributed by atoms with van der Waals surface area (Å²) in [5, 5.41) is 14.5. The first-order valence-electron chi connectivity index (χ1n) is 11.8. The first kappa shape index (κ1) is 26.4. The summed E-state index contributed by atoms with van der Waals surface area (Å²) < 4.78 is 5.33. The Hall–Kier alpha value is -4.20. The number of nitro groups is 1. The Labute approximate surface area is 211 Å². The minimum absolute atomic E-state index is 0.125. The average molecular weight is 490 g/mol. The smallest absolute Gasteiger partial charge is 0.273 e. The first-order chi connectivity index (χ1) is 17.3. The van der Waals surface area contributed by atoms with Gasteiger partial charge in [0.25, 0.3) is 5.69 Å². The third kappa shape index (κ3) is 7.15. The van der Waals surface area contributed by atoms with Crippen LogP contribution >= 0.6 is 0 Å². The molecule has 1 N–H and O–H groups in total. The minimum atomic E-state index is -0.823. The van der Waals surface area contributed by atoms with Crippen LogP contribution in [0.3, 0.4) is 0 Å². The lowest BCUT2D eigenvalue weighted by atomic mass is 10.0. The van der Waals surface area contributed by atoms with Gasteiger partial charge in [-0.1, -0.05) is 60.7 Å². The highest BCUT2D eigenvalue weighted by atomic mass is 16.6. The Kier molecular flexibility index (Phi) is 9.16. The summed E-state index contributed by atoms with van der Waals surface area (Å²) in [5.74, 6) is -0.0375. The fourth-order valence-corrected chi connectivity index (χ4v) is 4.01. The van der Waals surface area contributed by atoms with E-state index in [-0.39, 0.29) is 36.5 Å². The second-order valence-electron chi connectivity index (χ2n) is 8.80.